The summed E-state index contributed by atoms with van der Waals surface area (Å²) in [5.41, 5.74) is 5.35. The molecule has 0 aromatic rings. The molecular formula is C14H27N3O7. The van der Waals surface area contributed by atoms with E-state index in [4.69, 9.17) is 26.2 Å². The second-order valence-electron chi connectivity index (χ2n) is 5.41. The summed E-state index contributed by atoms with van der Waals surface area (Å²) in [5.74, 6) is -3.50. The minimum Gasteiger partial charge on any atom is -0.480 e. The number of hydrogen-bond donors (Lipinski definition) is 7. The SMILES string of the molecule is NCCCC[C@H](NCC[C@H](NCC[C@H](O)C(=O)O)C(=O)O)C(=O)O. The van der Waals surface area contributed by atoms with E-state index in [-0.39, 0.29) is 25.9 Å². The van der Waals surface area contributed by atoms with Crippen molar-refractivity contribution in [1.29, 1.82) is 0 Å². The number of carboxylic acids is 3. The molecule has 0 unspecified atom stereocenters. The minimum absolute atomic E-state index is 0.0172. The lowest BCUT2D eigenvalue weighted by atomic mass is 10.1. The molecule has 24 heavy (non-hydrogen) atoms. The van der Waals surface area contributed by atoms with E-state index in [1.165, 1.54) is 0 Å². The maximum Gasteiger partial charge on any atom is 0.332 e. The van der Waals surface area contributed by atoms with Crippen LogP contribution in [0.1, 0.15) is 32.1 Å². The van der Waals surface area contributed by atoms with Crippen molar-refractivity contribution < 1.29 is 34.8 Å². The molecule has 0 bridgehead atoms. The van der Waals surface area contributed by atoms with Crippen LogP contribution in [0.25, 0.3) is 0 Å². The molecule has 0 aliphatic rings. The maximum absolute atomic E-state index is 11.1. The number of unbranched alkanes of at least 4 members (excludes halogenated alkanes) is 1. The zero-order chi connectivity index (χ0) is 18.5. The highest BCUT2D eigenvalue weighted by atomic mass is 16.4. The van der Waals surface area contributed by atoms with Gasteiger partial charge in [0, 0.05) is 0 Å². The average Bonchev–Trinajstić information content (AvgIpc) is 2.50. The molecule has 10 heteroatoms. The first kappa shape index (κ1) is 22.2. The van der Waals surface area contributed by atoms with Crippen LogP contribution in [-0.4, -0.2) is 76.2 Å². The van der Waals surface area contributed by atoms with Crippen LogP contribution in [0.3, 0.4) is 0 Å². The number of carboxylic acid groups (broad SMARTS) is 3. The maximum atomic E-state index is 11.1. The van der Waals surface area contributed by atoms with Crippen LogP contribution in [0.2, 0.25) is 0 Å². The lowest BCUT2D eigenvalue weighted by Crippen LogP contribution is -2.43. The summed E-state index contributed by atoms with van der Waals surface area (Å²) in [7, 11) is 0. The largest absolute Gasteiger partial charge is 0.480 e. The topological polar surface area (TPSA) is 182 Å². The Hall–Kier alpha value is -1.75. The number of hydrogen-bond acceptors (Lipinski definition) is 7. The smallest absolute Gasteiger partial charge is 0.332 e. The first-order valence-electron chi connectivity index (χ1n) is 7.82. The van der Waals surface area contributed by atoms with Crippen molar-refractivity contribution >= 4 is 17.9 Å². The van der Waals surface area contributed by atoms with Gasteiger partial charge in [0.15, 0.2) is 6.10 Å². The Bertz CT molecular complexity index is 406. The Labute approximate surface area is 140 Å². The number of aliphatic carboxylic acids is 3. The van der Waals surface area contributed by atoms with Crippen LogP contribution in [0, 0.1) is 0 Å². The molecule has 0 aliphatic heterocycles. The van der Waals surface area contributed by atoms with Gasteiger partial charge in [-0.1, -0.05) is 6.42 Å². The fourth-order valence-corrected chi connectivity index (χ4v) is 2.04. The van der Waals surface area contributed by atoms with Crippen molar-refractivity contribution in [2.75, 3.05) is 19.6 Å². The minimum atomic E-state index is -1.55. The number of aliphatic hydroxyl groups excluding tert-OH is 1. The predicted molar refractivity (Wildman–Crippen MR) is 84.6 cm³/mol. The average molecular weight is 349 g/mol. The Balaban J connectivity index is 4.20. The molecule has 0 amide bonds. The van der Waals surface area contributed by atoms with Crippen molar-refractivity contribution in [3.05, 3.63) is 0 Å². The first-order chi connectivity index (χ1) is 11.3. The van der Waals surface area contributed by atoms with Crippen molar-refractivity contribution in [3.8, 4) is 0 Å². The zero-order valence-corrected chi connectivity index (χ0v) is 13.5. The number of rotatable bonds is 15. The molecule has 0 aromatic carbocycles. The standard InChI is InChI=1S/C14H27N3O7/c15-6-2-1-3-9(12(19)20)16-7-4-10(13(21)22)17-8-5-11(18)14(23)24/h9-11,16-18H,1-8,15H2,(H,19,20)(H,21,22)(H,23,24)/t9-,10-,11-/m0/s1. The molecule has 0 aromatic heterocycles. The molecule has 0 fully saturated rings. The van der Waals surface area contributed by atoms with Crippen LogP contribution in [0.4, 0.5) is 0 Å². The van der Waals surface area contributed by atoms with Gasteiger partial charge in [-0.25, -0.2) is 4.79 Å². The summed E-state index contributed by atoms with van der Waals surface area (Å²) < 4.78 is 0. The molecule has 0 saturated carbocycles. The van der Waals surface area contributed by atoms with Crippen molar-refractivity contribution in [2.24, 2.45) is 5.73 Å². The van der Waals surface area contributed by atoms with Crippen LogP contribution in [0.5, 0.6) is 0 Å². The van der Waals surface area contributed by atoms with E-state index < -0.39 is 36.1 Å². The number of nitrogens with one attached hydrogen (secondary N) is 2. The van der Waals surface area contributed by atoms with Gasteiger partial charge in [-0.3, -0.25) is 9.59 Å². The monoisotopic (exact) mass is 349 g/mol. The van der Waals surface area contributed by atoms with E-state index in [1.54, 1.807) is 0 Å². The summed E-state index contributed by atoms with van der Waals surface area (Å²) in [6.07, 6.45) is 0.236. The quantitative estimate of drug-likeness (QED) is 0.170. The lowest BCUT2D eigenvalue weighted by Gasteiger charge is -2.18. The van der Waals surface area contributed by atoms with Crippen molar-refractivity contribution in [1.82, 2.24) is 10.6 Å². The van der Waals surface area contributed by atoms with E-state index in [0.29, 0.717) is 19.4 Å². The van der Waals surface area contributed by atoms with Gasteiger partial charge in [0.2, 0.25) is 0 Å². The third-order valence-corrected chi connectivity index (χ3v) is 3.46. The molecule has 0 saturated heterocycles. The second kappa shape index (κ2) is 12.6. The van der Waals surface area contributed by atoms with Gasteiger partial charge in [-0.15, -0.1) is 0 Å². The van der Waals surface area contributed by atoms with E-state index in [0.717, 1.165) is 6.42 Å². The van der Waals surface area contributed by atoms with E-state index in [9.17, 15) is 14.4 Å². The highest BCUT2D eigenvalue weighted by molar-refractivity contribution is 5.74. The van der Waals surface area contributed by atoms with Gasteiger partial charge in [-0.2, -0.15) is 0 Å². The van der Waals surface area contributed by atoms with Gasteiger partial charge in [-0.05, 0) is 45.3 Å². The van der Waals surface area contributed by atoms with Crippen LogP contribution >= 0.6 is 0 Å². The molecule has 0 rings (SSSR count). The fraction of sp³-hybridized carbons (Fsp3) is 0.786. The zero-order valence-electron chi connectivity index (χ0n) is 13.5. The summed E-state index contributed by atoms with van der Waals surface area (Å²) in [5, 5.41) is 41.3. The summed E-state index contributed by atoms with van der Waals surface area (Å²) in [6, 6.07) is -1.73. The van der Waals surface area contributed by atoms with Gasteiger partial charge >= 0.3 is 17.9 Å². The fourth-order valence-electron chi connectivity index (χ4n) is 2.04. The Morgan fingerprint density at radius 1 is 0.792 bits per heavy atom. The Morgan fingerprint density at radius 2 is 1.29 bits per heavy atom. The van der Waals surface area contributed by atoms with Crippen molar-refractivity contribution in [3.63, 3.8) is 0 Å². The third-order valence-electron chi connectivity index (χ3n) is 3.46. The molecule has 8 N–H and O–H groups in total. The highest BCUT2D eigenvalue weighted by Gasteiger charge is 2.21. The normalized spacial score (nSPS) is 14.8. The Kier molecular flexibility index (Phi) is 11.7. The van der Waals surface area contributed by atoms with Gasteiger partial charge in [0.25, 0.3) is 0 Å². The van der Waals surface area contributed by atoms with Gasteiger partial charge in [0.05, 0.1) is 0 Å². The molecule has 0 heterocycles. The summed E-state index contributed by atoms with van der Waals surface area (Å²) in [4.78, 5) is 32.7. The Morgan fingerprint density at radius 3 is 1.75 bits per heavy atom. The number of aliphatic hydroxyl groups is 1. The van der Waals surface area contributed by atoms with Gasteiger partial charge in [0.1, 0.15) is 12.1 Å². The van der Waals surface area contributed by atoms with Crippen LogP contribution in [-0.2, 0) is 14.4 Å². The van der Waals surface area contributed by atoms with Gasteiger partial charge < -0.3 is 36.8 Å². The molecule has 140 valence electrons. The molecule has 0 spiro atoms. The summed E-state index contributed by atoms with van der Waals surface area (Å²) in [6.45, 7) is 0.674. The first-order valence-corrected chi connectivity index (χ1v) is 7.82. The van der Waals surface area contributed by atoms with E-state index in [1.807, 2.05) is 0 Å². The number of nitrogens with two attached hydrogens (primary N) is 1. The number of carbonyl (C=O) groups is 3. The van der Waals surface area contributed by atoms with Crippen LogP contribution in [0.15, 0.2) is 0 Å². The molecule has 0 aliphatic carbocycles. The second-order valence-corrected chi connectivity index (χ2v) is 5.41. The van der Waals surface area contributed by atoms with Crippen LogP contribution < -0.4 is 16.4 Å². The lowest BCUT2D eigenvalue weighted by molar-refractivity contribution is -0.146. The third kappa shape index (κ3) is 10.1. The molecule has 10 nitrogen and oxygen atoms in total. The van der Waals surface area contributed by atoms with E-state index >= 15 is 0 Å². The highest BCUT2D eigenvalue weighted by Crippen LogP contribution is 2.02. The molecular weight excluding hydrogens is 322 g/mol. The predicted octanol–water partition coefficient (Wildman–Crippen LogP) is -1.57. The molecule has 0 radical (unpaired) electrons. The summed E-state index contributed by atoms with van der Waals surface area (Å²) >= 11 is 0. The van der Waals surface area contributed by atoms with Crippen molar-refractivity contribution in [2.45, 2.75) is 50.3 Å². The molecule has 3 atom stereocenters. The van der Waals surface area contributed by atoms with E-state index in [2.05, 4.69) is 10.6 Å².